The SMILES string of the molecule is CC(C)(C)OC(=O)N1CCN2CCc3cc(NC(=O)c4ccnc(C(F)(F)F)c4)ccc3[C@@H]2C1. The Morgan fingerprint density at radius 3 is 2.56 bits per heavy atom. The molecule has 7 nitrogen and oxygen atoms in total. The van der Waals surface area contributed by atoms with Crippen LogP contribution in [-0.2, 0) is 17.3 Å². The minimum absolute atomic E-state index is 0.0179. The molecule has 0 bridgehead atoms. The Balaban J connectivity index is 1.49. The number of amides is 2. The Morgan fingerprint density at radius 1 is 1.09 bits per heavy atom. The van der Waals surface area contributed by atoms with Gasteiger partial charge in [-0.3, -0.25) is 14.7 Å². The van der Waals surface area contributed by atoms with E-state index in [0.717, 1.165) is 42.9 Å². The summed E-state index contributed by atoms with van der Waals surface area (Å²) in [6, 6.07) is 7.49. The van der Waals surface area contributed by atoms with Crippen molar-refractivity contribution in [2.24, 2.45) is 0 Å². The van der Waals surface area contributed by atoms with Crippen LogP contribution in [0.15, 0.2) is 36.5 Å². The van der Waals surface area contributed by atoms with Gasteiger partial charge >= 0.3 is 12.3 Å². The van der Waals surface area contributed by atoms with Crippen molar-refractivity contribution in [3.8, 4) is 0 Å². The Hall–Kier alpha value is -3.14. The molecule has 2 aromatic rings. The zero-order valence-electron chi connectivity index (χ0n) is 19.3. The van der Waals surface area contributed by atoms with Gasteiger partial charge in [-0.25, -0.2) is 4.79 Å². The molecule has 0 radical (unpaired) electrons. The number of anilines is 1. The van der Waals surface area contributed by atoms with Gasteiger partial charge in [0.1, 0.15) is 11.3 Å². The number of carbonyl (C=O) groups is 2. The maximum atomic E-state index is 12.9. The Morgan fingerprint density at radius 2 is 1.85 bits per heavy atom. The van der Waals surface area contributed by atoms with E-state index in [1.54, 1.807) is 11.0 Å². The van der Waals surface area contributed by atoms with E-state index in [2.05, 4.69) is 15.2 Å². The summed E-state index contributed by atoms with van der Waals surface area (Å²) in [7, 11) is 0. The second-order valence-electron chi connectivity index (χ2n) is 9.52. The average Bonchev–Trinajstić information content (AvgIpc) is 2.76. The van der Waals surface area contributed by atoms with Crippen LogP contribution in [0.4, 0.5) is 23.7 Å². The molecular weight excluding hydrogens is 449 g/mol. The molecular formula is C24H27F3N4O3. The van der Waals surface area contributed by atoms with Crippen molar-refractivity contribution in [3.63, 3.8) is 0 Å². The minimum atomic E-state index is -4.62. The number of alkyl halides is 3. The van der Waals surface area contributed by atoms with E-state index in [4.69, 9.17) is 4.74 Å². The summed E-state index contributed by atoms with van der Waals surface area (Å²) in [4.78, 5) is 32.4. The van der Waals surface area contributed by atoms with Crippen molar-refractivity contribution in [2.45, 2.75) is 45.0 Å². The summed E-state index contributed by atoms with van der Waals surface area (Å²) in [5.74, 6) is -0.640. The van der Waals surface area contributed by atoms with Gasteiger partial charge in [0.05, 0.1) is 6.04 Å². The van der Waals surface area contributed by atoms with Gasteiger partial charge < -0.3 is 15.0 Å². The van der Waals surface area contributed by atoms with Crippen LogP contribution < -0.4 is 5.32 Å². The lowest BCUT2D eigenvalue weighted by atomic mass is 9.90. The predicted octanol–water partition coefficient (Wildman–Crippen LogP) is 4.50. The largest absolute Gasteiger partial charge is 0.444 e. The van der Waals surface area contributed by atoms with Crippen LogP contribution in [0.1, 0.15) is 54.0 Å². The zero-order chi connectivity index (χ0) is 24.7. The van der Waals surface area contributed by atoms with Gasteiger partial charge in [-0.05, 0) is 62.6 Å². The molecule has 1 atom stereocenters. The molecule has 0 unspecified atom stereocenters. The third kappa shape index (κ3) is 5.32. The molecule has 2 aliphatic heterocycles. The normalized spacial score (nSPS) is 18.6. The molecule has 0 spiro atoms. The molecule has 182 valence electrons. The van der Waals surface area contributed by atoms with Crippen LogP contribution in [0.2, 0.25) is 0 Å². The molecule has 1 N–H and O–H groups in total. The Labute approximate surface area is 195 Å². The summed E-state index contributed by atoms with van der Waals surface area (Å²) >= 11 is 0. The number of halogens is 3. The first kappa shape index (κ1) is 24.0. The molecule has 1 fully saturated rings. The van der Waals surface area contributed by atoms with Gasteiger partial charge in [0.25, 0.3) is 5.91 Å². The Bertz CT molecular complexity index is 1100. The second-order valence-corrected chi connectivity index (χ2v) is 9.52. The number of rotatable bonds is 2. The summed E-state index contributed by atoms with van der Waals surface area (Å²) in [5, 5.41) is 2.68. The van der Waals surface area contributed by atoms with E-state index < -0.39 is 23.4 Å². The fraction of sp³-hybridized carbons (Fsp3) is 0.458. The molecule has 1 saturated heterocycles. The first-order valence-corrected chi connectivity index (χ1v) is 11.1. The van der Waals surface area contributed by atoms with Crippen molar-refractivity contribution in [3.05, 3.63) is 58.9 Å². The number of pyridine rings is 1. The van der Waals surface area contributed by atoms with E-state index in [1.807, 2.05) is 32.9 Å². The highest BCUT2D eigenvalue weighted by Gasteiger charge is 2.36. The molecule has 0 saturated carbocycles. The van der Waals surface area contributed by atoms with E-state index in [0.29, 0.717) is 18.8 Å². The predicted molar refractivity (Wildman–Crippen MR) is 119 cm³/mol. The smallest absolute Gasteiger partial charge is 0.433 e. The van der Waals surface area contributed by atoms with E-state index >= 15 is 0 Å². The van der Waals surface area contributed by atoms with Crippen molar-refractivity contribution in [1.82, 2.24) is 14.8 Å². The van der Waals surface area contributed by atoms with Crippen molar-refractivity contribution < 1.29 is 27.5 Å². The molecule has 0 aliphatic carbocycles. The molecule has 10 heteroatoms. The summed E-state index contributed by atoms with van der Waals surface area (Å²) in [6.07, 6.45) is -3.21. The number of fused-ring (bicyclic) bond motifs is 3. The number of ether oxygens (including phenoxy) is 1. The molecule has 2 amide bonds. The van der Waals surface area contributed by atoms with Crippen molar-refractivity contribution in [1.29, 1.82) is 0 Å². The number of carbonyl (C=O) groups excluding carboxylic acids is 2. The maximum Gasteiger partial charge on any atom is 0.433 e. The number of aromatic nitrogens is 1. The van der Waals surface area contributed by atoms with Crippen LogP contribution in [0, 0.1) is 0 Å². The van der Waals surface area contributed by atoms with E-state index in [-0.39, 0.29) is 17.7 Å². The number of nitrogens with one attached hydrogen (secondary N) is 1. The second kappa shape index (κ2) is 8.90. The monoisotopic (exact) mass is 476 g/mol. The summed E-state index contributed by atoms with van der Waals surface area (Å²) in [6.45, 7) is 8.17. The van der Waals surface area contributed by atoms with Gasteiger partial charge in [-0.1, -0.05) is 6.07 Å². The molecule has 1 aromatic heterocycles. The van der Waals surface area contributed by atoms with Crippen LogP contribution in [0.25, 0.3) is 0 Å². The molecule has 4 rings (SSSR count). The van der Waals surface area contributed by atoms with Crippen LogP contribution in [-0.4, -0.2) is 58.6 Å². The molecule has 34 heavy (non-hydrogen) atoms. The quantitative estimate of drug-likeness (QED) is 0.691. The Kier molecular flexibility index (Phi) is 6.28. The highest BCUT2D eigenvalue weighted by molar-refractivity contribution is 6.04. The lowest BCUT2D eigenvalue weighted by molar-refractivity contribution is -0.141. The van der Waals surface area contributed by atoms with Gasteiger partial charge in [-0.2, -0.15) is 13.2 Å². The van der Waals surface area contributed by atoms with Crippen LogP contribution in [0.5, 0.6) is 0 Å². The summed E-state index contributed by atoms with van der Waals surface area (Å²) in [5.41, 5.74) is 0.810. The number of piperazine rings is 1. The van der Waals surface area contributed by atoms with Gasteiger partial charge in [0, 0.05) is 43.6 Å². The number of nitrogens with zero attached hydrogens (tertiary/aromatic N) is 3. The maximum absolute atomic E-state index is 12.9. The lowest BCUT2D eigenvalue weighted by Gasteiger charge is -2.45. The van der Waals surface area contributed by atoms with E-state index in [1.165, 1.54) is 6.07 Å². The topological polar surface area (TPSA) is 74.8 Å². The summed E-state index contributed by atoms with van der Waals surface area (Å²) < 4.78 is 44.3. The standard InChI is InChI=1S/C24H27F3N4O3/c1-23(2,3)34-22(33)31-11-10-30-9-7-15-12-17(4-5-18(15)19(30)14-31)29-21(32)16-6-8-28-20(13-16)24(25,26)27/h4-6,8,12-13,19H,7,9-11,14H2,1-3H3,(H,29,32)/t19-/m0/s1. The van der Waals surface area contributed by atoms with Crippen LogP contribution >= 0.6 is 0 Å². The first-order valence-electron chi connectivity index (χ1n) is 11.1. The first-order chi connectivity index (χ1) is 15.9. The van der Waals surface area contributed by atoms with Gasteiger partial charge in [-0.15, -0.1) is 0 Å². The molecule has 2 aliphatic rings. The number of hydrogen-bond donors (Lipinski definition) is 1. The highest BCUT2D eigenvalue weighted by atomic mass is 19.4. The van der Waals surface area contributed by atoms with E-state index in [9.17, 15) is 22.8 Å². The van der Waals surface area contributed by atoms with Gasteiger partial charge in [0.2, 0.25) is 0 Å². The van der Waals surface area contributed by atoms with Crippen molar-refractivity contribution >= 4 is 17.7 Å². The number of hydrogen-bond acceptors (Lipinski definition) is 5. The lowest BCUT2D eigenvalue weighted by Crippen LogP contribution is -2.53. The van der Waals surface area contributed by atoms with Gasteiger partial charge in [0.15, 0.2) is 0 Å². The highest BCUT2D eigenvalue weighted by Crippen LogP contribution is 2.34. The zero-order valence-corrected chi connectivity index (χ0v) is 19.3. The van der Waals surface area contributed by atoms with Crippen LogP contribution in [0.3, 0.4) is 0 Å². The molecule has 1 aromatic carbocycles. The third-order valence-electron chi connectivity index (χ3n) is 5.88. The fourth-order valence-corrected chi connectivity index (χ4v) is 4.29. The molecule has 3 heterocycles. The number of benzene rings is 1. The van der Waals surface area contributed by atoms with Crippen molar-refractivity contribution in [2.75, 3.05) is 31.5 Å². The average molecular weight is 476 g/mol. The fourth-order valence-electron chi connectivity index (χ4n) is 4.29. The third-order valence-corrected chi connectivity index (χ3v) is 5.88. The minimum Gasteiger partial charge on any atom is -0.444 e.